The molecule has 0 spiro atoms. The molecule has 2 aromatic carbocycles. The summed E-state index contributed by atoms with van der Waals surface area (Å²) in [7, 11) is 0. The molecule has 0 aliphatic heterocycles. The summed E-state index contributed by atoms with van der Waals surface area (Å²) < 4.78 is 5.75. The predicted octanol–water partition coefficient (Wildman–Crippen LogP) is 3.66. The van der Waals surface area contributed by atoms with Gasteiger partial charge in [-0.15, -0.1) is 0 Å². The van der Waals surface area contributed by atoms with Gasteiger partial charge in [0.15, 0.2) is 6.10 Å². The minimum atomic E-state index is -0.786. The van der Waals surface area contributed by atoms with Gasteiger partial charge in [0, 0.05) is 17.7 Å². The van der Waals surface area contributed by atoms with Gasteiger partial charge in [0.1, 0.15) is 5.75 Å². The van der Waals surface area contributed by atoms with Crippen molar-refractivity contribution in [2.24, 2.45) is 0 Å². The molecule has 0 saturated heterocycles. The van der Waals surface area contributed by atoms with Crippen LogP contribution >= 0.6 is 0 Å². The maximum atomic E-state index is 12.3. The molecule has 0 fully saturated rings. The zero-order valence-electron chi connectivity index (χ0n) is 17.9. The zero-order chi connectivity index (χ0) is 22.1. The molecule has 3 N–H and O–H groups in total. The van der Waals surface area contributed by atoms with E-state index in [0.29, 0.717) is 23.4 Å². The van der Waals surface area contributed by atoms with Crippen LogP contribution in [0.1, 0.15) is 54.6 Å². The summed E-state index contributed by atoms with van der Waals surface area (Å²) in [5, 5.41) is 2.78. The Kier molecular flexibility index (Phi) is 8.41. The highest BCUT2D eigenvalue weighted by Gasteiger charge is 2.17. The number of ether oxygens (including phenoxy) is 1. The molecular weight excluding hydrogens is 382 g/mol. The van der Waals surface area contributed by atoms with Crippen LogP contribution in [0.15, 0.2) is 42.5 Å². The highest BCUT2D eigenvalue weighted by molar-refractivity contribution is 5.97. The number of rotatable bonds is 8. The van der Waals surface area contributed by atoms with Crippen molar-refractivity contribution >= 4 is 23.4 Å². The zero-order valence-corrected chi connectivity index (χ0v) is 17.9. The monoisotopic (exact) mass is 411 g/mol. The number of benzene rings is 2. The van der Waals surface area contributed by atoms with E-state index in [9.17, 15) is 14.4 Å². The minimum absolute atomic E-state index is 0.0563. The van der Waals surface area contributed by atoms with Crippen molar-refractivity contribution in [1.82, 2.24) is 10.9 Å². The summed E-state index contributed by atoms with van der Waals surface area (Å²) in [6, 6.07) is 12.2. The molecular formula is C23H29N3O4. The first-order chi connectivity index (χ1) is 14.3. The smallest absolute Gasteiger partial charge is 0.279 e. The highest BCUT2D eigenvalue weighted by Crippen LogP contribution is 2.23. The number of unbranched alkanes of at least 4 members (excludes halogenated alkanes) is 1. The minimum Gasteiger partial charge on any atom is -0.480 e. The second-order valence-electron chi connectivity index (χ2n) is 7.15. The second kappa shape index (κ2) is 11.0. The molecule has 1 atom stereocenters. The molecule has 0 heterocycles. The topological polar surface area (TPSA) is 96.5 Å². The van der Waals surface area contributed by atoms with Crippen LogP contribution in [0.2, 0.25) is 0 Å². The number of carbonyl (C=O) groups is 3. The molecule has 30 heavy (non-hydrogen) atoms. The lowest BCUT2D eigenvalue weighted by atomic mass is 10.1. The van der Waals surface area contributed by atoms with Crippen molar-refractivity contribution in [3.8, 4) is 5.75 Å². The van der Waals surface area contributed by atoms with Gasteiger partial charge in [0.05, 0.1) is 0 Å². The van der Waals surface area contributed by atoms with E-state index in [1.165, 1.54) is 0 Å². The Morgan fingerprint density at radius 3 is 2.20 bits per heavy atom. The molecule has 3 amide bonds. The number of carbonyl (C=O) groups excluding carboxylic acids is 3. The lowest BCUT2D eigenvalue weighted by Crippen LogP contribution is -2.47. The molecule has 2 aromatic rings. The molecule has 0 aromatic heterocycles. The average molecular weight is 412 g/mol. The lowest BCUT2D eigenvalue weighted by molar-refractivity contribution is -0.128. The summed E-state index contributed by atoms with van der Waals surface area (Å²) in [6.45, 7) is 7.45. The van der Waals surface area contributed by atoms with Gasteiger partial charge in [-0.3, -0.25) is 25.2 Å². The summed E-state index contributed by atoms with van der Waals surface area (Å²) in [4.78, 5) is 36.3. The van der Waals surface area contributed by atoms with Gasteiger partial charge in [-0.1, -0.05) is 31.5 Å². The molecule has 0 radical (unpaired) electrons. The number of para-hydroxylation sites is 1. The molecule has 7 nitrogen and oxygen atoms in total. The third kappa shape index (κ3) is 6.62. The number of hydrogen-bond acceptors (Lipinski definition) is 4. The third-order valence-corrected chi connectivity index (χ3v) is 4.56. The first-order valence-corrected chi connectivity index (χ1v) is 10.0. The number of nitrogens with one attached hydrogen (secondary N) is 3. The predicted molar refractivity (Wildman–Crippen MR) is 116 cm³/mol. The van der Waals surface area contributed by atoms with Crippen LogP contribution in [0.4, 0.5) is 5.69 Å². The Balaban J connectivity index is 1.85. The summed E-state index contributed by atoms with van der Waals surface area (Å²) in [5.74, 6) is -0.334. The third-order valence-electron chi connectivity index (χ3n) is 4.56. The van der Waals surface area contributed by atoms with E-state index in [2.05, 4.69) is 16.2 Å². The van der Waals surface area contributed by atoms with Gasteiger partial charge >= 0.3 is 0 Å². The Hall–Kier alpha value is -3.35. The Morgan fingerprint density at radius 1 is 0.967 bits per heavy atom. The largest absolute Gasteiger partial charge is 0.480 e. The fourth-order valence-corrected chi connectivity index (χ4v) is 2.77. The number of amides is 3. The number of aryl methyl sites for hydroxylation is 2. The first-order valence-electron chi connectivity index (χ1n) is 10.0. The lowest BCUT2D eigenvalue weighted by Gasteiger charge is -2.18. The van der Waals surface area contributed by atoms with E-state index in [0.717, 1.165) is 24.0 Å². The van der Waals surface area contributed by atoms with Crippen LogP contribution in [-0.4, -0.2) is 23.8 Å². The Morgan fingerprint density at radius 2 is 1.60 bits per heavy atom. The summed E-state index contributed by atoms with van der Waals surface area (Å²) in [5.41, 5.74) is 7.59. The van der Waals surface area contributed by atoms with Crippen LogP contribution in [0.3, 0.4) is 0 Å². The van der Waals surface area contributed by atoms with E-state index in [1.54, 1.807) is 31.2 Å². The molecule has 0 unspecified atom stereocenters. The van der Waals surface area contributed by atoms with Gasteiger partial charge in [0.2, 0.25) is 5.91 Å². The number of hydrazine groups is 1. The summed E-state index contributed by atoms with van der Waals surface area (Å²) in [6.07, 6.45) is 1.46. The maximum absolute atomic E-state index is 12.3. The van der Waals surface area contributed by atoms with Crippen molar-refractivity contribution in [3.63, 3.8) is 0 Å². The van der Waals surface area contributed by atoms with Crippen molar-refractivity contribution in [2.75, 3.05) is 5.32 Å². The maximum Gasteiger partial charge on any atom is 0.279 e. The number of hydrogen-bond donors (Lipinski definition) is 3. The van der Waals surface area contributed by atoms with E-state index < -0.39 is 17.9 Å². The van der Waals surface area contributed by atoms with E-state index >= 15 is 0 Å². The normalized spacial score (nSPS) is 11.3. The molecule has 0 aliphatic rings. The fraction of sp³-hybridized carbons (Fsp3) is 0.348. The van der Waals surface area contributed by atoms with Gasteiger partial charge in [-0.2, -0.15) is 0 Å². The Labute approximate surface area is 177 Å². The first kappa shape index (κ1) is 22.9. The molecule has 2 rings (SSSR count). The van der Waals surface area contributed by atoms with Crippen LogP contribution in [0, 0.1) is 13.8 Å². The van der Waals surface area contributed by atoms with Crippen molar-refractivity contribution in [2.45, 2.75) is 53.1 Å². The van der Waals surface area contributed by atoms with Crippen LogP contribution < -0.4 is 20.9 Å². The summed E-state index contributed by atoms with van der Waals surface area (Å²) >= 11 is 0. The Bertz CT molecular complexity index is 874. The van der Waals surface area contributed by atoms with Gasteiger partial charge < -0.3 is 10.1 Å². The van der Waals surface area contributed by atoms with E-state index in [4.69, 9.17) is 4.74 Å². The van der Waals surface area contributed by atoms with Gasteiger partial charge in [0.25, 0.3) is 11.8 Å². The van der Waals surface area contributed by atoms with Gasteiger partial charge in [-0.25, -0.2) is 0 Å². The van der Waals surface area contributed by atoms with Crippen molar-refractivity contribution in [1.29, 1.82) is 0 Å². The van der Waals surface area contributed by atoms with Crippen LogP contribution in [-0.2, 0) is 9.59 Å². The van der Waals surface area contributed by atoms with E-state index in [1.807, 2.05) is 39.0 Å². The quantitative estimate of drug-likeness (QED) is 0.578. The molecule has 160 valence electrons. The highest BCUT2D eigenvalue weighted by atomic mass is 16.5. The molecule has 0 aliphatic carbocycles. The standard InChI is InChI=1S/C23H29N3O4/c1-5-6-10-20(27)24-19-13-11-18(12-14-19)23(29)26-25-22(28)17(4)30-21-15(2)8-7-9-16(21)3/h7-9,11-14,17H,5-6,10H2,1-4H3,(H,24,27)(H,25,28)(H,26,29)/t17-/m1/s1. The van der Waals surface area contributed by atoms with Crippen molar-refractivity contribution < 1.29 is 19.1 Å². The number of anilines is 1. The van der Waals surface area contributed by atoms with Crippen molar-refractivity contribution in [3.05, 3.63) is 59.2 Å². The second-order valence-corrected chi connectivity index (χ2v) is 7.15. The van der Waals surface area contributed by atoms with E-state index in [-0.39, 0.29) is 5.91 Å². The van der Waals surface area contributed by atoms with Crippen LogP contribution in [0.5, 0.6) is 5.75 Å². The fourth-order valence-electron chi connectivity index (χ4n) is 2.77. The molecule has 0 saturated carbocycles. The SMILES string of the molecule is CCCCC(=O)Nc1ccc(C(=O)NNC(=O)[C@@H](C)Oc2c(C)cccc2C)cc1. The van der Waals surface area contributed by atoms with Crippen LogP contribution in [0.25, 0.3) is 0 Å². The average Bonchev–Trinajstić information content (AvgIpc) is 2.73. The molecule has 0 bridgehead atoms. The molecule has 7 heteroatoms. The van der Waals surface area contributed by atoms with Gasteiger partial charge in [-0.05, 0) is 62.6 Å².